The number of rotatable bonds is 7. The van der Waals surface area contributed by atoms with E-state index in [9.17, 15) is 14.7 Å². The number of nitrogens with zero attached hydrogens (tertiary/aromatic N) is 2. The number of methoxy groups -OCH3 is 1. The molecule has 2 aromatic carbocycles. The van der Waals surface area contributed by atoms with Crippen LogP contribution in [0.2, 0.25) is 0 Å². The number of hydrogen-bond acceptors (Lipinski definition) is 6. The van der Waals surface area contributed by atoms with Crippen molar-refractivity contribution >= 4 is 32.8 Å². The number of fused-ring (bicyclic) bond motifs is 2. The van der Waals surface area contributed by atoms with E-state index in [1.54, 1.807) is 29.2 Å². The SMILES string of the molecule is CCN(CC)CCN1C(=O)c2oc3ccc(C)cc3c(=O)c2C1c1cc(Br)c(O)c(OC)c1. The Balaban J connectivity index is 1.93. The van der Waals surface area contributed by atoms with Crippen LogP contribution in [0, 0.1) is 6.92 Å². The zero-order chi connectivity index (χ0) is 23.9. The second-order valence-corrected chi connectivity index (χ2v) is 9.01. The van der Waals surface area contributed by atoms with E-state index in [0.717, 1.165) is 18.7 Å². The number of ether oxygens (including phenoxy) is 1. The smallest absolute Gasteiger partial charge is 0.290 e. The molecule has 1 aliphatic heterocycles. The summed E-state index contributed by atoms with van der Waals surface area (Å²) in [6.45, 7) is 8.85. The van der Waals surface area contributed by atoms with Gasteiger partial charge in [-0.15, -0.1) is 0 Å². The molecule has 4 rings (SSSR count). The lowest BCUT2D eigenvalue weighted by Gasteiger charge is -2.28. The van der Waals surface area contributed by atoms with E-state index in [4.69, 9.17) is 9.15 Å². The Morgan fingerprint density at radius 3 is 2.58 bits per heavy atom. The van der Waals surface area contributed by atoms with E-state index in [1.165, 1.54) is 7.11 Å². The Morgan fingerprint density at radius 2 is 1.91 bits per heavy atom. The zero-order valence-corrected chi connectivity index (χ0v) is 20.7. The Bertz CT molecular complexity index is 1280. The molecular formula is C25H27BrN2O5. The second-order valence-electron chi connectivity index (χ2n) is 8.16. The van der Waals surface area contributed by atoms with Crippen LogP contribution < -0.4 is 10.2 Å². The summed E-state index contributed by atoms with van der Waals surface area (Å²) in [4.78, 5) is 31.1. The van der Waals surface area contributed by atoms with Crippen LogP contribution in [0.4, 0.5) is 0 Å². The molecule has 2 heterocycles. The highest BCUT2D eigenvalue weighted by atomic mass is 79.9. The molecule has 0 bridgehead atoms. The Labute approximate surface area is 200 Å². The molecule has 1 aromatic heterocycles. The van der Waals surface area contributed by atoms with Crippen LogP contribution in [-0.4, -0.2) is 54.1 Å². The average Bonchev–Trinajstić information content (AvgIpc) is 3.08. The van der Waals surface area contributed by atoms with Gasteiger partial charge in [-0.1, -0.05) is 25.5 Å². The number of benzene rings is 2. The highest BCUT2D eigenvalue weighted by molar-refractivity contribution is 9.10. The van der Waals surface area contributed by atoms with Crippen LogP contribution in [0.1, 0.15) is 47.1 Å². The van der Waals surface area contributed by atoms with Crippen molar-refractivity contribution in [2.24, 2.45) is 0 Å². The molecule has 0 saturated heterocycles. The lowest BCUT2D eigenvalue weighted by Crippen LogP contribution is -2.37. The summed E-state index contributed by atoms with van der Waals surface area (Å²) in [6, 6.07) is 8.10. The molecular weight excluding hydrogens is 488 g/mol. The number of likely N-dealkylation sites (N-methyl/N-ethyl adjacent to an activating group) is 1. The van der Waals surface area contributed by atoms with Gasteiger partial charge in [-0.3, -0.25) is 9.59 Å². The lowest BCUT2D eigenvalue weighted by molar-refractivity contribution is 0.0708. The van der Waals surface area contributed by atoms with Crippen LogP contribution in [0.25, 0.3) is 11.0 Å². The van der Waals surface area contributed by atoms with E-state index in [2.05, 4.69) is 34.7 Å². The van der Waals surface area contributed by atoms with E-state index < -0.39 is 6.04 Å². The van der Waals surface area contributed by atoms with Gasteiger partial charge in [0, 0.05) is 13.1 Å². The topological polar surface area (TPSA) is 83.2 Å². The van der Waals surface area contributed by atoms with Crippen molar-refractivity contribution < 1.29 is 19.1 Å². The molecule has 1 atom stereocenters. The lowest BCUT2D eigenvalue weighted by atomic mass is 9.97. The molecule has 1 amide bonds. The quantitative estimate of drug-likeness (QED) is 0.500. The molecule has 0 spiro atoms. The molecule has 0 saturated carbocycles. The third-order valence-electron chi connectivity index (χ3n) is 6.26. The number of aryl methyl sites for hydroxylation is 1. The van der Waals surface area contributed by atoms with Crippen LogP contribution in [0.3, 0.4) is 0 Å². The first-order chi connectivity index (χ1) is 15.8. The van der Waals surface area contributed by atoms with Gasteiger partial charge in [-0.25, -0.2) is 0 Å². The van der Waals surface area contributed by atoms with Gasteiger partial charge in [0.2, 0.25) is 5.76 Å². The highest BCUT2D eigenvalue weighted by Crippen LogP contribution is 2.43. The molecule has 0 radical (unpaired) electrons. The normalized spacial score (nSPS) is 15.5. The maximum absolute atomic E-state index is 13.7. The minimum Gasteiger partial charge on any atom is -0.503 e. The minimum absolute atomic E-state index is 0.0401. The predicted octanol–water partition coefficient (Wildman–Crippen LogP) is 4.47. The number of amides is 1. The van der Waals surface area contributed by atoms with Gasteiger partial charge in [0.05, 0.1) is 28.6 Å². The van der Waals surface area contributed by atoms with E-state index >= 15 is 0 Å². The van der Waals surface area contributed by atoms with Crippen LogP contribution in [-0.2, 0) is 0 Å². The maximum atomic E-state index is 13.7. The van der Waals surface area contributed by atoms with Crippen LogP contribution >= 0.6 is 15.9 Å². The molecule has 3 aromatic rings. The summed E-state index contributed by atoms with van der Waals surface area (Å²) in [6.07, 6.45) is 0. The van der Waals surface area contributed by atoms with Gasteiger partial charge >= 0.3 is 0 Å². The fourth-order valence-corrected chi connectivity index (χ4v) is 4.87. The molecule has 174 valence electrons. The number of phenolic OH excluding ortho intramolecular Hbond substituents is 1. The van der Waals surface area contributed by atoms with Crippen LogP contribution in [0.5, 0.6) is 11.5 Å². The van der Waals surface area contributed by atoms with Crippen LogP contribution in [0.15, 0.2) is 44.0 Å². The van der Waals surface area contributed by atoms with E-state index in [-0.39, 0.29) is 28.6 Å². The fourth-order valence-electron chi connectivity index (χ4n) is 4.41. The molecule has 1 aliphatic rings. The minimum atomic E-state index is -0.657. The van der Waals surface area contributed by atoms with E-state index in [1.807, 2.05) is 13.0 Å². The summed E-state index contributed by atoms with van der Waals surface area (Å²) >= 11 is 3.37. The second kappa shape index (κ2) is 9.19. The predicted molar refractivity (Wildman–Crippen MR) is 130 cm³/mol. The van der Waals surface area contributed by atoms with Gasteiger partial charge in [-0.2, -0.15) is 0 Å². The van der Waals surface area contributed by atoms with Crippen molar-refractivity contribution in [1.29, 1.82) is 0 Å². The molecule has 1 unspecified atom stereocenters. The van der Waals surface area contributed by atoms with Gasteiger partial charge < -0.3 is 24.1 Å². The molecule has 33 heavy (non-hydrogen) atoms. The highest BCUT2D eigenvalue weighted by Gasteiger charge is 2.43. The first kappa shape index (κ1) is 23.3. The molecule has 0 aliphatic carbocycles. The van der Waals surface area contributed by atoms with Gasteiger partial charge in [-0.05, 0) is 65.8 Å². The zero-order valence-electron chi connectivity index (χ0n) is 19.1. The Kier molecular flexibility index (Phi) is 6.50. The van der Waals surface area contributed by atoms with E-state index in [0.29, 0.717) is 39.7 Å². The Hall–Kier alpha value is -2.84. The standard InChI is InChI=1S/C25H27BrN2O5/c1-5-27(6-2)9-10-28-21(15-12-17(26)23(30)19(13-15)32-4)20-22(29)16-11-14(3)7-8-18(16)33-24(20)25(28)31/h7-8,11-13,21,30H,5-6,9-10H2,1-4H3. The summed E-state index contributed by atoms with van der Waals surface area (Å²) < 4.78 is 11.8. The molecule has 8 heteroatoms. The van der Waals surface area contributed by atoms with Gasteiger partial charge in [0.25, 0.3) is 5.91 Å². The van der Waals surface area contributed by atoms with Crippen molar-refractivity contribution in [3.8, 4) is 11.5 Å². The summed E-state index contributed by atoms with van der Waals surface area (Å²) in [5.74, 6) is -0.0272. The number of carbonyl (C=O) groups excluding carboxylic acids is 1. The summed E-state index contributed by atoms with van der Waals surface area (Å²) in [5.41, 5.74) is 2.08. The third-order valence-corrected chi connectivity index (χ3v) is 6.86. The van der Waals surface area contributed by atoms with Crippen molar-refractivity contribution in [1.82, 2.24) is 9.80 Å². The molecule has 0 fully saturated rings. The van der Waals surface area contributed by atoms with Crippen molar-refractivity contribution in [3.05, 3.63) is 67.5 Å². The number of carbonyl (C=O) groups is 1. The average molecular weight is 515 g/mol. The fraction of sp³-hybridized carbons (Fsp3) is 0.360. The number of aromatic hydroxyl groups is 1. The van der Waals surface area contributed by atoms with Crippen molar-refractivity contribution in [3.63, 3.8) is 0 Å². The summed E-state index contributed by atoms with van der Waals surface area (Å²) in [7, 11) is 1.46. The Morgan fingerprint density at radius 1 is 1.18 bits per heavy atom. The number of phenols is 1. The largest absolute Gasteiger partial charge is 0.503 e. The van der Waals surface area contributed by atoms with Crippen molar-refractivity contribution in [2.45, 2.75) is 26.8 Å². The van der Waals surface area contributed by atoms with Crippen molar-refractivity contribution in [2.75, 3.05) is 33.3 Å². The number of hydrogen-bond donors (Lipinski definition) is 1. The summed E-state index contributed by atoms with van der Waals surface area (Å²) in [5, 5.41) is 10.8. The molecule has 1 N–H and O–H groups in total. The first-order valence-corrected chi connectivity index (χ1v) is 11.8. The van der Waals surface area contributed by atoms with Gasteiger partial charge in [0.15, 0.2) is 16.9 Å². The van der Waals surface area contributed by atoms with Gasteiger partial charge in [0.1, 0.15) is 5.58 Å². The third kappa shape index (κ3) is 4.02. The number of halogens is 1. The monoisotopic (exact) mass is 514 g/mol. The molecule has 7 nitrogen and oxygen atoms in total. The maximum Gasteiger partial charge on any atom is 0.290 e. The first-order valence-electron chi connectivity index (χ1n) is 11.0.